The van der Waals surface area contributed by atoms with Gasteiger partial charge < -0.3 is 19.9 Å². The quantitative estimate of drug-likeness (QED) is 0.626. The van der Waals surface area contributed by atoms with Crippen LogP contribution in [-0.2, 0) is 6.54 Å². The van der Waals surface area contributed by atoms with Gasteiger partial charge in [0.15, 0.2) is 0 Å². The van der Waals surface area contributed by atoms with Crippen molar-refractivity contribution in [3.05, 3.63) is 54.0 Å². The van der Waals surface area contributed by atoms with Gasteiger partial charge in [-0.05, 0) is 44.7 Å². The lowest BCUT2D eigenvalue weighted by Crippen LogP contribution is -2.46. The van der Waals surface area contributed by atoms with Gasteiger partial charge in [-0.1, -0.05) is 18.2 Å². The van der Waals surface area contributed by atoms with Crippen LogP contribution in [0.25, 0.3) is 10.9 Å². The SMILES string of the molecule is CCN(C(=O)c1cc2ccccc2[nH]1)[C@H]1CCC[C@@H](NCc2cnc(OC)nc2)C1. The van der Waals surface area contributed by atoms with Gasteiger partial charge in [0.25, 0.3) is 5.91 Å². The molecule has 1 saturated carbocycles. The number of hydrogen-bond acceptors (Lipinski definition) is 5. The largest absolute Gasteiger partial charge is 0.467 e. The summed E-state index contributed by atoms with van der Waals surface area (Å²) in [6.45, 7) is 3.48. The molecule has 2 atom stereocenters. The Kier molecular flexibility index (Phi) is 6.28. The number of carbonyl (C=O) groups is 1. The summed E-state index contributed by atoms with van der Waals surface area (Å²) in [7, 11) is 1.56. The summed E-state index contributed by atoms with van der Waals surface area (Å²) < 4.78 is 5.01. The minimum atomic E-state index is 0.0860. The Hall–Kier alpha value is -2.93. The summed E-state index contributed by atoms with van der Waals surface area (Å²) in [5, 5.41) is 4.69. The third kappa shape index (κ3) is 4.46. The highest BCUT2D eigenvalue weighted by atomic mass is 16.5. The van der Waals surface area contributed by atoms with Crippen LogP contribution in [0.1, 0.15) is 48.7 Å². The molecule has 0 unspecified atom stereocenters. The second-order valence-corrected chi connectivity index (χ2v) is 7.84. The number of carbonyl (C=O) groups excluding carboxylic acids is 1. The van der Waals surface area contributed by atoms with Gasteiger partial charge in [-0.15, -0.1) is 0 Å². The first-order chi connectivity index (χ1) is 14.7. The second-order valence-electron chi connectivity index (χ2n) is 7.84. The molecule has 7 nitrogen and oxygen atoms in total. The zero-order chi connectivity index (χ0) is 20.9. The third-order valence-corrected chi connectivity index (χ3v) is 5.91. The summed E-state index contributed by atoms with van der Waals surface area (Å²) in [5.41, 5.74) is 2.70. The van der Waals surface area contributed by atoms with Gasteiger partial charge in [0.1, 0.15) is 5.69 Å². The molecule has 0 aliphatic heterocycles. The predicted octanol–water partition coefficient (Wildman–Crippen LogP) is 3.53. The van der Waals surface area contributed by atoms with Gasteiger partial charge in [-0.25, -0.2) is 9.97 Å². The van der Waals surface area contributed by atoms with Crippen molar-refractivity contribution >= 4 is 16.8 Å². The molecule has 1 amide bonds. The van der Waals surface area contributed by atoms with E-state index in [9.17, 15) is 4.79 Å². The summed E-state index contributed by atoms with van der Waals surface area (Å²) in [5.74, 6) is 0.0860. The topological polar surface area (TPSA) is 83.1 Å². The average molecular weight is 408 g/mol. The lowest BCUT2D eigenvalue weighted by atomic mass is 9.89. The van der Waals surface area contributed by atoms with Gasteiger partial charge >= 0.3 is 6.01 Å². The number of amides is 1. The van der Waals surface area contributed by atoms with Crippen molar-refractivity contribution in [1.29, 1.82) is 0 Å². The molecule has 2 heterocycles. The average Bonchev–Trinajstić information content (AvgIpc) is 3.23. The second kappa shape index (κ2) is 9.26. The zero-order valence-electron chi connectivity index (χ0n) is 17.6. The van der Waals surface area contributed by atoms with Crippen molar-refractivity contribution in [3.8, 4) is 6.01 Å². The molecule has 1 aliphatic rings. The van der Waals surface area contributed by atoms with Crippen LogP contribution in [0.3, 0.4) is 0 Å². The number of ether oxygens (including phenoxy) is 1. The van der Waals surface area contributed by atoms with E-state index in [1.54, 1.807) is 19.5 Å². The first kappa shape index (κ1) is 20.3. The van der Waals surface area contributed by atoms with Crippen molar-refractivity contribution in [2.75, 3.05) is 13.7 Å². The fraction of sp³-hybridized carbons (Fsp3) is 0.435. The van der Waals surface area contributed by atoms with Crippen molar-refractivity contribution in [1.82, 2.24) is 25.2 Å². The van der Waals surface area contributed by atoms with E-state index in [1.165, 1.54) is 0 Å². The van der Waals surface area contributed by atoms with E-state index in [0.717, 1.165) is 42.1 Å². The number of hydrogen-bond donors (Lipinski definition) is 2. The fourth-order valence-corrected chi connectivity index (χ4v) is 4.35. The molecule has 2 aromatic heterocycles. The number of para-hydroxylation sites is 1. The number of methoxy groups -OCH3 is 1. The molecular weight excluding hydrogens is 378 g/mol. The molecular formula is C23H29N5O2. The summed E-state index contributed by atoms with van der Waals surface area (Å²) in [6.07, 6.45) is 7.80. The number of benzene rings is 1. The first-order valence-corrected chi connectivity index (χ1v) is 10.6. The van der Waals surface area contributed by atoms with Crippen LogP contribution in [-0.4, -0.2) is 51.5 Å². The van der Waals surface area contributed by atoms with Crippen molar-refractivity contribution in [2.45, 2.75) is 51.2 Å². The summed E-state index contributed by atoms with van der Waals surface area (Å²) in [4.78, 5) is 26.9. The zero-order valence-corrected chi connectivity index (χ0v) is 17.6. The van der Waals surface area contributed by atoms with Crippen LogP contribution in [0.4, 0.5) is 0 Å². The molecule has 30 heavy (non-hydrogen) atoms. The van der Waals surface area contributed by atoms with Crippen molar-refractivity contribution in [2.24, 2.45) is 0 Å². The lowest BCUT2D eigenvalue weighted by molar-refractivity contribution is 0.0623. The Morgan fingerprint density at radius 3 is 2.80 bits per heavy atom. The van der Waals surface area contributed by atoms with Crippen LogP contribution >= 0.6 is 0 Å². The maximum absolute atomic E-state index is 13.2. The number of H-pyrrole nitrogens is 1. The standard InChI is InChI=1S/C23H29N5O2/c1-3-28(22(29)21-11-17-7-4-5-10-20(17)27-21)19-9-6-8-18(12-19)24-13-16-14-25-23(30-2)26-15-16/h4-5,7,10-11,14-15,18-19,24,27H,3,6,8-9,12-13H2,1-2H3/t18-,19+/m1/s1. The summed E-state index contributed by atoms with van der Waals surface area (Å²) in [6, 6.07) is 11.0. The number of nitrogens with one attached hydrogen (secondary N) is 2. The van der Waals surface area contributed by atoms with Gasteiger partial charge in [-0.3, -0.25) is 4.79 Å². The maximum Gasteiger partial charge on any atom is 0.316 e. The normalized spacial score (nSPS) is 19.0. The van der Waals surface area contributed by atoms with Crippen LogP contribution < -0.4 is 10.1 Å². The Morgan fingerprint density at radius 1 is 1.27 bits per heavy atom. The highest BCUT2D eigenvalue weighted by Crippen LogP contribution is 2.25. The molecule has 0 saturated heterocycles. The highest BCUT2D eigenvalue weighted by molar-refractivity contribution is 5.98. The lowest BCUT2D eigenvalue weighted by Gasteiger charge is -2.37. The first-order valence-electron chi connectivity index (χ1n) is 10.6. The van der Waals surface area contributed by atoms with E-state index in [-0.39, 0.29) is 11.9 Å². The van der Waals surface area contributed by atoms with Gasteiger partial charge in [0.05, 0.1) is 7.11 Å². The number of aromatic nitrogens is 3. The van der Waals surface area contributed by atoms with Gasteiger partial charge in [-0.2, -0.15) is 0 Å². The van der Waals surface area contributed by atoms with Gasteiger partial charge in [0.2, 0.25) is 0 Å². The Balaban J connectivity index is 1.39. The Labute approximate surface area is 176 Å². The van der Waals surface area contributed by atoms with Crippen molar-refractivity contribution in [3.63, 3.8) is 0 Å². The molecule has 1 fully saturated rings. The molecule has 3 aromatic rings. The number of aromatic amines is 1. The molecule has 1 aliphatic carbocycles. The molecule has 4 rings (SSSR count). The third-order valence-electron chi connectivity index (χ3n) is 5.91. The van der Waals surface area contributed by atoms with Crippen LogP contribution in [0, 0.1) is 0 Å². The van der Waals surface area contributed by atoms with E-state index in [2.05, 4.69) is 27.2 Å². The minimum absolute atomic E-state index is 0.0860. The molecule has 7 heteroatoms. The Bertz CT molecular complexity index is 952. The molecule has 0 radical (unpaired) electrons. The molecule has 158 valence electrons. The van der Waals surface area contributed by atoms with E-state index < -0.39 is 0 Å². The highest BCUT2D eigenvalue weighted by Gasteiger charge is 2.29. The molecule has 0 spiro atoms. The van der Waals surface area contributed by atoms with E-state index >= 15 is 0 Å². The fourth-order valence-electron chi connectivity index (χ4n) is 4.35. The minimum Gasteiger partial charge on any atom is -0.467 e. The Morgan fingerprint density at radius 2 is 2.07 bits per heavy atom. The van der Waals surface area contributed by atoms with Crippen LogP contribution in [0.5, 0.6) is 6.01 Å². The predicted molar refractivity (Wildman–Crippen MR) is 116 cm³/mol. The van der Waals surface area contributed by atoms with E-state index in [4.69, 9.17) is 4.74 Å². The van der Waals surface area contributed by atoms with E-state index in [1.807, 2.05) is 35.2 Å². The molecule has 1 aromatic carbocycles. The van der Waals surface area contributed by atoms with Crippen LogP contribution in [0.15, 0.2) is 42.7 Å². The van der Waals surface area contributed by atoms with Crippen LogP contribution in [0.2, 0.25) is 0 Å². The molecule has 2 N–H and O–H groups in total. The number of nitrogens with zero attached hydrogens (tertiary/aromatic N) is 3. The molecule has 0 bridgehead atoms. The monoisotopic (exact) mass is 407 g/mol. The number of rotatable bonds is 7. The van der Waals surface area contributed by atoms with Crippen molar-refractivity contribution < 1.29 is 9.53 Å². The van der Waals surface area contributed by atoms with E-state index in [0.29, 0.717) is 30.8 Å². The maximum atomic E-state index is 13.2. The number of fused-ring (bicyclic) bond motifs is 1. The smallest absolute Gasteiger partial charge is 0.316 e. The summed E-state index contributed by atoms with van der Waals surface area (Å²) >= 11 is 0. The van der Waals surface area contributed by atoms with Gasteiger partial charge in [0, 0.05) is 54.0 Å².